The Bertz CT molecular complexity index is 686. The molecule has 0 radical (unpaired) electrons. The van der Waals surface area contributed by atoms with E-state index in [4.69, 9.17) is 4.74 Å². The van der Waals surface area contributed by atoms with E-state index < -0.39 is 24.3 Å². The highest BCUT2D eigenvalue weighted by atomic mass is 32.1. The second kappa shape index (κ2) is 8.04. The summed E-state index contributed by atoms with van der Waals surface area (Å²) in [5, 5.41) is 6.57. The molecule has 0 atom stereocenters. The number of hydrogen-bond donors (Lipinski definition) is 2. The summed E-state index contributed by atoms with van der Waals surface area (Å²) in [6.07, 6.45) is 0. The summed E-state index contributed by atoms with van der Waals surface area (Å²) in [6.45, 7) is -0.828. The van der Waals surface area contributed by atoms with Gasteiger partial charge in [-0.15, -0.1) is 11.3 Å². The fourth-order valence-electron chi connectivity index (χ4n) is 1.57. The number of carbonyl (C=O) groups excluding carboxylic acids is 3. The first-order chi connectivity index (χ1) is 11.0. The monoisotopic (exact) mass is 336 g/mol. The maximum atomic E-state index is 12.7. The molecule has 2 N–H and O–H groups in total. The zero-order chi connectivity index (χ0) is 16.7. The number of halogens is 1. The lowest BCUT2D eigenvalue weighted by Gasteiger charge is -2.07. The molecule has 2 aromatic rings. The number of rotatable bonds is 6. The van der Waals surface area contributed by atoms with E-state index in [9.17, 15) is 18.8 Å². The zero-order valence-electron chi connectivity index (χ0n) is 11.9. The molecule has 8 heteroatoms. The summed E-state index contributed by atoms with van der Waals surface area (Å²) < 4.78 is 17.4. The molecule has 23 heavy (non-hydrogen) atoms. The number of benzene rings is 1. The first-order valence-electron chi connectivity index (χ1n) is 6.57. The van der Waals surface area contributed by atoms with Gasteiger partial charge in [0.25, 0.3) is 11.8 Å². The Kier molecular flexibility index (Phi) is 5.81. The number of carbonyl (C=O) groups is 3. The van der Waals surface area contributed by atoms with Crippen LogP contribution in [0, 0.1) is 5.82 Å². The van der Waals surface area contributed by atoms with Crippen LogP contribution in [0.3, 0.4) is 0 Å². The standard InChI is InChI=1S/C15H13FN2O4S/c16-10-3-5-11(6-4-10)18-13(19)9-22-14(20)8-17-15(21)12-2-1-7-23-12/h1-7H,8-9H2,(H,17,21)(H,18,19). The Hall–Kier alpha value is -2.74. The lowest BCUT2D eigenvalue weighted by Crippen LogP contribution is -2.31. The van der Waals surface area contributed by atoms with Crippen LogP contribution in [0.4, 0.5) is 10.1 Å². The molecule has 0 spiro atoms. The second-order valence-corrected chi connectivity index (χ2v) is 5.32. The number of nitrogens with one attached hydrogen (secondary N) is 2. The van der Waals surface area contributed by atoms with Crippen molar-refractivity contribution < 1.29 is 23.5 Å². The molecule has 0 aliphatic carbocycles. The van der Waals surface area contributed by atoms with Crippen molar-refractivity contribution in [2.24, 2.45) is 0 Å². The van der Waals surface area contributed by atoms with E-state index >= 15 is 0 Å². The lowest BCUT2D eigenvalue weighted by molar-refractivity contribution is -0.146. The van der Waals surface area contributed by atoms with Crippen LogP contribution in [0.5, 0.6) is 0 Å². The van der Waals surface area contributed by atoms with Crippen LogP contribution in [0.15, 0.2) is 41.8 Å². The summed E-state index contributed by atoms with van der Waals surface area (Å²) in [7, 11) is 0. The van der Waals surface area contributed by atoms with E-state index in [1.54, 1.807) is 17.5 Å². The summed E-state index contributed by atoms with van der Waals surface area (Å²) >= 11 is 1.25. The van der Waals surface area contributed by atoms with Crippen LogP contribution in [0.1, 0.15) is 9.67 Å². The van der Waals surface area contributed by atoms with Crippen LogP contribution < -0.4 is 10.6 Å². The fourth-order valence-corrected chi connectivity index (χ4v) is 2.21. The predicted octanol–water partition coefficient (Wildman–Crippen LogP) is 1.80. The molecule has 1 aromatic carbocycles. The van der Waals surface area contributed by atoms with Gasteiger partial charge in [0, 0.05) is 5.69 Å². The van der Waals surface area contributed by atoms with Crippen molar-refractivity contribution in [3.63, 3.8) is 0 Å². The van der Waals surface area contributed by atoms with Crippen LogP contribution in [-0.2, 0) is 14.3 Å². The maximum Gasteiger partial charge on any atom is 0.325 e. The van der Waals surface area contributed by atoms with Crippen molar-refractivity contribution in [3.05, 3.63) is 52.5 Å². The number of ether oxygens (including phenoxy) is 1. The SMILES string of the molecule is O=C(COC(=O)CNC(=O)c1cccs1)Nc1ccc(F)cc1. The average molecular weight is 336 g/mol. The summed E-state index contributed by atoms with van der Waals surface area (Å²) in [6, 6.07) is 8.51. The normalized spacial score (nSPS) is 9.96. The minimum absolute atomic E-state index is 0.333. The number of hydrogen-bond acceptors (Lipinski definition) is 5. The van der Waals surface area contributed by atoms with Gasteiger partial charge in [0.1, 0.15) is 12.4 Å². The molecule has 120 valence electrons. The van der Waals surface area contributed by atoms with E-state index in [1.165, 1.54) is 35.6 Å². The summed E-state index contributed by atoms with van der Waals surface area (Å²) in [5.74, 6) is -2.10. The van der Waals surface area contributed by atoms with E-state index in [-0.39, 0.29) is 12.5 Å². The van der Waals surface area contributed by atoms with Gasteiger partial charge in [-0.3, -0.25) is 14.4 Å². The highest BCUT2D eigenvalue weighted by Gasteiger charge is 2.11. The minimum Gasteiger partial charge on any atom is -0.454 e. The van der Waals surface area contributed by atoms with Gasteiger partial charge in [0.05, 0.1) is 4.88 Å². The molecule has 1 aromatic heterocycles. The van der Waals surface area contributed by atoms with E-state index in [0.717, 1.165) is 0 Å². The molecular weight excluding hydrogens is 323 g/mol. The highest BCUT2D eigenvalue weighted by molar-refractivity contribution is 7.12. The van der Waals surface area contributed by atoms with Gasteiger partial charge in [0.2, 0.25) is 0 Å². The number of amides is 2. The van der Waals surface area contributed by atoms with Gasteiger partial charge in [-0.1, -0.05) is 6.07 Å². The van der Waals surface area contributed by atoms with Crippen LogP contribution in [-0.4, -0.2) is 30.9 Å². The van der Waals surface area contributed by atoms with Gasteiger partial charge in [-0.2, -0.15) is 0 Å². The minimum atomic E-state index is -0.732. The van der Waals surface area contributed by atoms with Gasteiger partial charge in [-0.05, 0) is 35.7 Å². The van der Waals surface area contributed by atoms with Crippen LogP contribution >= 0.6 is 11.3 Å². The smallest absolute Gasteiger partial charge is 0.325 e. The number of anilines is 1. The Morgan fingerprint density at radius 2 is 1.87 bits per heavy atom. The molecular formula is C15H13FN2O4S. The first kappa shape index (κ1) is 16.6. The number of esters is 1. The highest BCUT2D eigenvalue weighted by Crippen LogP contribution is 2.08. The van der Waals surface area contributed by atoms with E-state index in [2.05, 4.69) is 10.6 Å². The second-order valence-electron chi connectivity index (χ2n) is 4.38. The van der Waals surface area contributed by atoms with Gasteiger partial charge in [0.15, 0.2) is 6.61 Å². The molecule has 1 heterocycles. The van der Waals surface area contributed by atoms with Crippen molar-refractivity contribution >= 4 is 34.8 Å². The molecule has 0 unspecified atom stereocenters. The zero-order valence-corrected chi connectivity index (χ0v) is 12.7. The third-order valence-corrected chi connectivity index (χ3v) is 3.50. The van der Waals surface area contributed by atoms with Crippen molar-refractivity contribution in [1.29, 1.82) is 0 Å². The van der Waals surface area contributed by atoms with E-state index in [0.29, 0.717) is 10.6 Å². The third kappa shape index (κ3) is 5.51. The molecule has 0 saturated heterocycles. The number of thiophene rings is 1. The molecule has 0 aliphatic heterocycles. The molecule has 0 fully saturated rings. The third-order valence-electron chi connectivity index (χ3n) is 2.63. The van der Waals surface area contributed by atoms with Crippen molar-refractivity contribution in [1.82, 2.24) is 5.32 Å². The summed E-state index contributed by atoms with van der Waals surface area (Å²) in [5.41, 5.74) is 0.387. The van der Waals surface area contributed by atoms with Gasteiger partial charge < -0.3 is 15.4 Å². The average Bonchev–Trinajstić information content (AvgIpc) is 3.07. The van der Waals surface area contributed by atoms with Gasteiger partial charge >= 0.3 is 5.97 Å². The molecule has 2 amide bonds. The van der Waals surface area contributed by atoms with Crippen LogP contribution in [0.25, 0.3) is 0 Å². The molecule has 2 rings (SSSR count). The Labute approximate surface area is 135 Å². The Balaban J connectivity index is 1.68. The first-order valence-corrected chi connectivity index (χ1v) is 7.45. The quantitative estimate of drug-likeness (QED) is 0.788. The maximum absolute atomic E-state index is 12.7. The molecule has 0 bridgehead atoms. The van der Waals surface area contributed by atoms with Crippen molar-refractivity contribution in [2.45, 2.75) is 0 Å². The lowest BCUT2D eigenvalue weighted by atomic mass is 10.3. The molecule has 0 saturated carbocycles. The Morgan fingerprint density at radius 1 is 1.13 bits per heavy atom. The topological polar surface area (TPSA) is 84.5 Å². The fraction of sp³-hybridized carbons (Fsp3) is 0.133. The Morgan fingerprint density at radius 3 is 2.52 bits per heavy atom. The molecule has 6 nitrogen and oxygen atoms in total. The molecule has 0 aliphatic rings. The predicted molar refractivity (Wildman–Crippen MR) is 82.6 cm³/mol. The largest absolute Gasteiger partial charge is 0.454 e. The van der Waals surface area contributed by atoms with E-state index in [1.807, 2.05) is 0 Å². The van der Waals surface area contributed by atoms with Gasteiger partial charge in [-0.25, -0.2) is 4.39 Å². The van der Waals surface area contributed by atoms with Crippen molar-refractivity contribution in [2.75, 3.05) is 18.5 Å². The summed E-state index contributed by atoms with van der Waals surface area (Å²) in [4.78, 5) is 35.1. The van der Waals surface area contributed by atoms with Crippen molar-refractivity contribution in [3.8, 4) is 0 Å². The van der Waals surface area contributed by atoms with Crippen LogP contribution in [0.2, 0.25) is 0 Å².